The summed E-state index contributed by atoms with van der Waals surface area (Å²) in [5, 5.41) is 7.01. The number of nitrogens with two attached hydrogens (primary N) is 2. The molecule has 0 bridgehead atoms. The fourth-order valence-corrected chi connectivity index (χ4v) is 2.06. The van der Waals surface area contributed by atoms with Crippen LogP contribution in [-0.4, -0.2) is 20.8 Å². The molecule has 0 unspecified atom stereocenters. The minimum Gasteiger partial charge on any atom is -0.384 e. The zero-order valence-corrected chi connectivity index (χ0v) is 12.7. The molecule has 0 aliphatic carbocycles. The fourth-order valence-electron chi connectivity index (χ4n) is 1.60. The summed E-state index contributed by atoms with van der Waals surface area (Å²) >= 11 is 0. The third-order valence-corrected chi connectivity index (χ3v) is 3.56. The summed E-state index contributed by atoms with van der Waals surface area (Å²) in [6.45, 7) is 0.488. The number of hydrogen-bond donors (Lipinski definition) is 3. The highest BCUT2D eigenvalue weighted by molar-refractivity contribution is 7.86. The molecule has 2 aromatic carbocycles. The Kier molecular flexibility index (Phi) is 6.68. The number of rotatable bonds is 4. The molecule has 118 valence electrons. The topological polar surface area (TPSA) is 110 Å². The Labute approximate surface area is 129 Å². The first-order valence-corrected chi connectivity index (χ1v) is 7.86. The van der Waals surface area contributed by atoms with Crippen LogP contribution in [0.2, 0.25) is 0 Å². The molecule has 0 fully saturated rings. The van der Waals surface area contributed by atoms with Gasteiger partial charge in [-0.05, 0) is 30.7 Å². The smallest absolute Gasteiger partial charge is 0.332 e. The molecular weight excluding hydrogens is 305 g/mol. The zero-order valence-electron chi connectivity index (χ0n) is 11.9. The minimum absolute atomic E-state index is 0.121. The van der Waals surface area contributed by atoms with E-state index in [1.807, 2.05) is 30.3 Å². The van der Waals surface area contributed by atoms with E-state index < -0.39 is 10.2 Å². The van der Waals surface area contributed by atoms with Gasteiger partial charge >= 0.3 is 10.2 Å². The lowest BCUT2D eigenvalue weighted by molar-refractivity contribution is 0.552. The molecule has 0 saturated heterocycles. The number of nitrogens with one attached hydrogen (secondary N) is 1. The number of benzene rings is 2. The van der Waals surface area contributed by atoms with Crippen LogP contribution < -0.4 is 11.5 Å². The molecule has 0 aromatic heterocycles. The molecule has 2 aromatic rings. The molecule has 0 aliphatic heterocycles. The van der Waals surface area contributed by atoms with Gasteiger partial charge < -0.3 is 11.5 Å². The SMILES string of the molecule is N=C(N)c1ccccc1.NCCc1ccc(S(=O)(=O)F)cc1. The second-order valence-electron chi connectivity index (χ2n) is 4.40. The molecule has 0 atom stereocenters. The first kappa shape index (κ1) is 17.8. The molecule has 0 saturated carbocycles. The van der Waals surface area contributed by atoms with Gasteiger partial charge in [-0.2, -0.15) is 8.42 Å². The summed E-state index contributed by atoms with van der Waals surface area (Å²) < 4.78 is 33.2. The summed E-state index contributed by atoms with van der Waals surface area (Å²) in [6.07, 6.45) is 0.659. The van der Waals surface area contributed by atoms with Crippen molar-refractivity contribution in [2.75, 3.05) is 6.54 Å². The van der Waals surface area contributed by atoms with Gasteiger partial charge in [0.25, 0.3) is 0 Å². The fraction of sp³-hybridized carbons (Fsp3) is 0.133. The summed E-state index contributed by atoms with van der Waals surface area (Å²) in [6, 6.07) is 14.8. The Morgan fingerprint density at radius 3 is 1.95 bits per heavy atom. The summed E-state index contributed by atoms with van der Waals surface area (Å²) in [5.74, 6) is 0.121. The maximum atomic E-state index is 12.4. The number of amidine groups is 1. The molecule has 0 amide bonds. The van der Waals surface area contributed by atoms with Gasteiger partial charge in [-0.1, -0.05) is 42.5 Å². The van der Waals surface area contributed by atoms with Crippen LogP contribution in [0.15, 0.2) is 59.5 Å². The predicted molar refractivity (Wildman–Crippen MR) is 85.0 cm³/mol. The van der Waals surface area contributed by atoms with Crippen molar-refractivity contribution in [1.29, 1.82) is 5.41 Å². The first-order chi connectivity index (χ1) is 10.3. The lowest BCUT2D eigenvalue weighted by atomic mass is 10.2. The third kappa shape index (κ3) is 6.02. The zero-order chi connectivity index (χ0) is 16.6. The lowest BCUT2D eigenvalue weighted by Crippen LogP contribution is -2.10. The largest absolute Gasteiger partial charge is 0.384 e. The predicted octanol–water partition coefficient (Wildman–Crippen LogP) is 1.82. The van der Waals surface area contributed by atoms with E-state index in [1.165, 1.54) is 12.1 Å². The first-order valence-electron chi connectivity index (χ1n) is 6.47. The monoisotopic (exact) mass is 323 g/mol. The van der Waals surface area contributed by atoms with Crippen molar-refractivity contribution in [3.63, 3.8) is 0 Å². The molecule has 2 rings (SSSR count). The second-order valence-corrected chi connectivity index (χ2v) is 5.75. The molecule has 0 spiro atoms. The average Bonchev–Trinajstić information content (AvgIpc) is 2.49. The van der Waals surface area contributed by atoms with Gasteiger partial charge in [0, 0.05) is 5.56 Å². The highest BCUT2D eigenvalue weighted by atomic mass is 32.3. The van der Waals surface area contributed by atoms with Gasteiger partial charge in [0.15, 0.2) is 0 Å². The average molecular weight is 323 g/mol. The van der Waals surface area contributed by atoms with E-state index >= 15 is 0 Å². The Bertz CT molecular complexity index is 701. The van der Waals surface area contributed by atoms with Gasteiger partial charge in [-0.3, -0.25) is 5.41 Å². The van der Waals surface area contributed by atoms with Gasteiger partial charge in [-0.25, -0.2) is 0 Å². The van der Waals surface area contributed by atoms with Crippen molar-refractivity contribution in [3.05, 3.63) is 65.7 Å². The van der Waals surface area contributed by atoms with Crippen LogP contribution in [0.5, 0.6) is 0 Å². The summed E-state index contributed by atoms with van der Waals surface area (Å²) in [5.41, 5.74) is 12.2. The Morgan fingerprint density at radius 1 is 1.05 bits per heavy atom. The minimum atomic E-state index is -4.57. The van der Waals surface area contributed by atoms with Crippen LogP contribution in [0.4, 0.5) is 3.89 Å². The van der Waals surface area contributed by atoms with Crippen molar-refractivity contribution in [1.82, 2.24) is 0 Å². The van der Waals surface area contributed by atoms with E-state index in [9.17, 15) is 12.3 Å². The highest BCUT2D eigenvalue weighted by Gasteiger charge is 2.10. The van der Waals surface area contributed by atoms with E-state index in [0.717, 1.165) is 11.1 Å². The van der Waals surface area contributed by atoms with Gasteiger partial charge in [-0.15, -0.1) is 3.89 Å². The molecule has 0 radical (unpaired) electrons. The number of nitrogen functional groups attached to an aromatic ring is 1. The second kappa shape index (κ2) is 8.26. The maximum absolute atomic E-state index is 12.4. The molecular formula is C15H18FN3O2S. The van der Waals surface area contributed by atoms with Crippen molar-refractivity contribution >= 4 is 16.1 Å². The van der Waals surface area contributed by atoms with Crippen LogP contribution >= 0.6 is 0 Å². The molecule has 7 heteroatoms. The number of hydrogen-bond acceptors (Lipinski definition) is 4. The van der Waals surface area contributed by atoms with E-state index in [4.69, 9.17) is 16.9 Å². The van der Waals surface area contributed by atoms with Crippen molar-refractivity contribution in [2.24, 2.45) is 11.5 Å². The lowest BCUT2D eigenvalue weighted by Gasteiger charge is -1.98. The van der Waals surface area contributed by atoms with Crippen LogP contribution in [0.3, 0.4) is 0 Å². The Hall–Kier alpha value is -2.25. The molecule has 0 aliphatic rings. The summed E-state index contributed by atoms with van der Waals surface area (Å²) in [7, 11) is -4.57. The molecule has 22 heavy (non-hydrogen) atoms. The van der Waals surface area contributed by atoms with Crippen molar-refractivity contribution in [3.8, 4) is 0 Å². The van der Waals surface area contributed by atoms with Crippen molar-refractivity contribution < 1.29 is 12.3 Å². The van der Waals surface area contributed by atoms with E-state index in [0.29, 0.717) is 13.0 Å². The normalized spacial score (nSPS) is 10.5. The maximum Gasteiger partial charge on any atom is 0.332 e. The van der Waals surface area contributed by atoms with Crippen LogP contribution in [0.1, 0.15) is 11.1 Å². The van der Waals surface area contributed by atoms with Crippen LogP contribution in [-0.2, 0) is 16.6 Å². The van der Waals surface area contributed by atoms with Gasteiger partial charge in [0.2, 0.25) is 0 Å². The van der Waals surface area contributed by atoms with E-state index in [-0.39, 0.29) is 10.7 Å². The molecule has 5 N–H and O–H groups in total. The summed E-state index contributed by atoms with van der Waals surface area (Å²) in [4.78, 5) is -0.312. The third-order valence-electron chi connectivity index (χ3n) is 2.72. The Balaban J connectivity index is 0.000000235. The molecule has 0 heterocycles. The van der Waals surface area contributed by atoms with Crippen LogP contribution in [0, 0.1) is 5.41 Å². The Morgan fingerprint density at radius 2 is 1.59 bits per heavy atom. The number of halogens is 1. The van der Waals surface area contributed by atoms with Crippen molar-refractivity contribution in [2.45, 2.75) is 11.3 Å². The van der Waals surface area contributed by atoms with E-state index in [1.54, 1.807) is 12.1 Å². The molecule has 5 nitrogen and oxygen atoms in total. The standard InChI is InChI=1S/C8H10FNO2S.C7H8N2/c9-13(11,12)8-3-1-7(2-4-8)5-6-10;8-7(9)6-4-2-1-3-5-6/h1-4H,5-6,10H2;1-5H,(H3,8,9). The van der Waals surface area contributed by atoms with Crippen LogP contribution in [0.25, 0.3) is 0 Å². The quantitative estimate of drug-likeness (QED) is 0.453. The van der Waals surface area contributed by atoms with Gasteiger partial charge in [0.05, 0.1) is 4.90 Å². The van der Waals surface area contributed by atoms with Gasteiger partial charge in [0.1, 0.15) is 5.84 Å². The highest BCUT2D eigenvalue weighted by Crippen LogP contribution is 2.12. The van der Waals surface area contributed by atoms with E-state index in [2.05, 4.69) is 0 Å².